The normalized spacial score (nSPS) is 19.4. The van der Waals surface area contributed by atoms with Crippen LogP contribution in [0.4, 0.5) is 19.0 Å². The fraction of sp³-hybridized carbons (Fsp3) is 0.435. The Morgan fingerprint density at radius 1 is 0.937 bits per heavy atom. The van der Waals surface area contributed by atoms with Crippen LogP contribution in [0.5, 0.6) is 5.75 Å². The van der Waals surface area contributed by atoms with Gasteiger partial charge in [-0.3, -0.25) is 24.5 Å². The van der Waals surface area contributed by atoms with E-state index in [-0.39, 0.29) is 82.1 Å². The quantitative estimate of drug-likeness (QED) is 0.0768. The molecule has 0 radical (unpaired) electrons. The maximum absolute atomic E-state index is 16.4. The molecule has 4 aromatic rings. The summed E-state index contributed by atoms with van der Waals surface area (Å²) in [5, 5.41) is 2.59. The summed E-state index contributed by atoms with van der Waals surface area (Å²) in [6.07, 6.45) is 7.94. The van der Waals surface area contributed by atoms with Crippen LogP contribution in [-0.4, -0.2) is 107 Å². The van der Waals surface area contributed by atoms with Gasteiger partial charge in [0.05, 0.1) is 22.2 Å². The highest BCUT2D eigenvalue weighted by Crippen LogP contribution is 2.43. The van der Waals surface area contributed by atoms with Crippen molar-refractivity contribution in [2.75, 3.05) is 57.3 Å². The van der Waals surface area contributed by atoms with E-state index in [0.717, 1.165) is 69.3 Å². The maximum Gasteiger partial charge on any atom is 0.264 e. The average Bonchev–Trinajstić information content (AvgIpc) is 3.59. The lowest BCUT2D eigenvalue weighted by molar-refractivity contribution is -0.137. The zero-order chi connectivity index (χ0) is 44.4. The van der Waals surface area contributed by atoms with Gasteiger partial charge < -0.3 is 24.3 Å². The first-order valence-corrected chi connectivity index (χ1v) is 22.3. The molecule has 4 amide bonds. The molecule has 12 nitrogen and oxygen atoms in total. The highest BCUT2D eigenvalue weighted by molar-refractivity contribution is 6.41. The summed E-state index contributed by atoms with van der Waals surface area (Å²) < 4.78 is 53.0. The van der Waals surface area contributed by atoms with Crippen LogP contribution in [0.2, 0.25) is 5.02 Å². The largest absolute Gasteiger partial charge is 0.493 e. The molecule has 3 fully saturated rings. The van der Waals surface area contributed by atoms with Gasteiger partial charge in [0.2, 0.25) is 11.8 Å². The number of piperidine rings is 2. The van der Waals surface area contributed by atoms with Crippen molar-refractivity contribution < 1.29 is 37.1 Å². The Hall–Kier alpha value is -5.25. The standard InChI is InChI=1S/C46H48Cl2F3N7O5/c1-27(47)45(61)57-18-16-56(17-19-57)43-32-23-34(48)39(41(51)42(32)52-26-53-43)40-35(50)10-7-11-37(40)63-20-6-4-2-3-5-14-55-15-8-9-28(24-55)30-21-29(49)22-31-33(30)25-58(46(31)62)36-12-13-38(59)54-44(36)60/h7,10-11,21-23,26,28,36H,1-6,8-9,12-20,24-25H2,(H,54,59,60). The number of rotatable bonds is 14. The van der Waals surface area contributed by atoms with Crippen LogP contribution in [0.25, 0.3) is 22.0 Å². The monoisotopic (exact) mass is 905 g/mol. The van der Waals surface area contributed by atoms with Gasteiger partial charge in [0, 0.05) is 62.2 Å². The highest BCUT2D eigenvalue weighted by Gasteiger charge is 2.41. The van der Waals surface area contributed by atoms with Gasteiger partial charge in [0.25, 0.3) is 11.8 Å². The van der Waals surface area contributed by atoms with Crippen molar-refractivity contribution in [3.8, 4) is 16.9 Å². The number of fused-ring (bicyclic) bond motifs is 2. The number of benzene rings is 3. The van der Waals surface area contributed by atoms with E-state index in [1.54, 1.807) is 17.0 Å². The molecule has 0 spiro atoms. The minimum atomic E-state index is -0.797. The zero-order valence-corrected chi connectivity index (χ0v) is 36.3. The molecule has 1 aromatic heterocycles. The van der Waals surface area contributed by atoms with Crippen molar-refractivity contribution in [2.45, 2.75) is 76.3 Å². The van der Waals surface area contributed by atoms with Crippen molar-refractivity contribution in [3.05, 3.63) is 93.5 Å². The number of carbonyl (C=O) groups is 4. The van der Waals surface area contributed by atoms with Crippen LogP contribution < -0.4 is 15.0 Å². The van der Waals surface area contributed by atoms with E-state index < -0.39 is 29.4 Å². The number of amides is 4. The number of likely N-dealkylation sites (tertiary alicyclic amines) is 1. The third-order valence-corrected chi connectivity index (χ3v) is 13.1. The molecule has 5 heterocycles. The molecule has 0 bridgehead atoms. The number of nitrogens with zero attached hydrogens (tertiary/aromatic N) is 6. The third-order valence-electron chi connectivity index (χ3n) is 12.6. The molecule has 17 heteroatoms. The van der Waals surface area contributed by atoms with Crippen molar-refractivity contribution in [1.82, 2.24) is 30.0 Å². The SMILES string of the molecule is C=C(Cl)C(=O)N1CCN(c2ncnc3c(F)c(-c4c(F)cccc4OCCCCCCCN4CCCC(c5cc(F)cc6c5CN(C5CCC(=O)NC5=O)C6=O)C4)c(Cl)cc23)CC1. The second kappa shape index (κ2) is 19.2. The number of piperazine rings is 1. The fourth-order valence-electron chi connectivity index (χ4n) is 9.44. The Labute approximate surface area is 373 Å². The molecule has 2 unspecified atom stereocenters. The van der Waals surface area contributed by atoms with E-state index in [0.29, 0.717) is 49.4 Å². The van der Waals surface area contributed by atoms with Crippen molar-refractivity contribution >= 4 is 63.6 Å². The molecule has 8 rings (SSSR count). The van der Waals surface area contributed by atoms with Gasteiger partial charge in [-0.05, 0) is 92.6 Å². The summed E-state index contributed by atoms with van der Waals surface area (Å²) in [6.45, 7) is 8.13. The highest BCUT2D eigenvalue weighted by atomic mass is 35.5. The first kappa shape index (κ1) is 44.4. The summed E-state index contributed by atoms with van der Waals surface area (Å²) in [7, 11) is 0. The van der Waals surface area contributed by atoms with E-state index in [1.165, 1.54) is 35.5 Å². The van der Waals surface area contributed by atoms with Gasteiger partial charge in [-0.1, -0.05) is 55.1 Å². The van der Waals surface area contributed by atoms with Gasteiger partial charge in [-0.25, -0.2) is 23.1 Å². The molecule has 4 aliphatic rings. The summed E-state index contributed by atoms with van der Waals surface area (Å²) in [6, 6.07) is 7.93. The number of anilines is 1. The van der Waals surface area contributed by atoms with Gasteiger partial charge in [0.1, 0.15) is 41.1 Å². The van der Waals surface area contributed by atoms with Crippen molar-refractivity contribution in [1.29, 1.82) is 0 Å². The van der Waals surface area contributed by atoms with Crippen molar-refractivity contribution in [3.63, 3.8) is 0 Å². The fourth-order valence-corrected chi connectivity index (χ4v) is 9.84. The van der Waals surface area contributed by atoms with E-state index >= 15 is 8.78 Å². The number of nitrogens with one attached hydrogen (secondary N) is 1. The van der Waals surface area contributed by atoms with Crippen LogP contribution in [-0.2, 0) is 20.9 Å². The summed E-state index contributed by atoms with van der Waals surface area (Å²) in [5.74, 6) is -2.84. The number of imide groups is 1. The Kier molecular flexibility index (Phi) is 13.5. The van der Waals surface area contributed by atoms with E-state index in [9.17, 15) is 23.6 Å². The number of hydrogen-bond donors (Lipinski definition) is 1. The van der Waals surface area contributed by atoms with Crippen LogP contribution in [0.3, 0.4) is 0 Å². The van der Waals surface area contributed by atoms with Crippen LogP contribution in [0.1, 0.15) is 85.2 Å². The Bertz CT molecular complexity index is 2470. The average molecular weight is 907 g/mol. The molecule has 3 aromatic carbocycles. The van der Waals surface area contributed by atoms with Gasteiger partial charge >= 0.3 is 0 Å². The molecule has 332 valence electrons. The molecular formula is C46H48Cl2F3N7O5. The lowest BCUT2D eigenvalue weighted by Crippen LogP contribution is -2.52. The molecule has 0 aliphatic carbocycles. The Morgan fingerprint density at radius 2 is 1.71 bits per heavy atom. The minimum absolute atomic E-state index is 0.0198. The number of halogens is 5. The van der Waals surface area contributed by atoms with E-state index in [1.807, 2.05) is 4.90 Å². The Morgan fingerprint density at radius 3 is 2.49 bits per heavy atom. The molecule has 4 aliphatic heterocycles. The predicted octanol–water partition coefficient (Wildman–Crippen LogP) is 7.74. The predicted molar refractivity (Wildman–Crippen MR) is 233 cm³/mol. The van der Waals surface area contributed by atoms with E-state index in [4.69, 9.17) is 27.9 Å². The molecule has 1 N–H and O–H groups in total. The van der Waals surface area contributed by atoms with E-state index in [2.05, 4.69) is 26.8 Å². The first-order valence-electron chi connectivity index (χ1n) is 21.5. The number of unbranched alkanes of at least 4 members (excludes halogenated alkanes) is 4. The van der Waals surface area contributed by atoms with Crippen LogP contribution in [0.15, 0.2) is 54.3 Å². The van der Waals surface area contributed by atoms with Crippen molar-refractivity contribution in [2.24, 2.45) is 0 Å². The summed E-state index contributed by atoms with van der Waals surface area (Å²) in [5.41, 5.74) is 1.65. The molecule has 3 saturated heterocycles. The molecule has 63 heavy (non-hydrogen) atoms. The molecular weight excluding hydrogens is 858 g/mol. The second-order valence-corrected chi connectivity index (χ2v) is 17.5. The van der Waals surface area contributed by atoms with Crippen LogP contribution in [0, 0.1) is 17.5 Å². The topological polar surface area (TPSA) is 128 Å². The lowest BCUT2D eigenvalue weighted by atomic mass is 9.86. The maximum atomic E-state index is 16.4. The van der Waals surface area contributed by atoms with Gasteiger partial charge in [0.15, 0.2) is 5.82 Å². The summed E-state index contributed by atoms with van der Waals surface area (Å²) in [4.78, 5) is 66.0. The first-order chi connectivity index (χ1) is 30.4. The molecule has 2 atom stereocenters. The second-order valence-electron chi connectivity index (χ2n) is 16.6. The zero-order valence-electron chi connectivity index (χ0n) is 34.7. The third kappa shape index (κ3) is 9.37. The number of hydrogen-bond acceptors (Lipinski definition) is 9. The number of aromatic nitrogens is 2. The van der Waals surface area contributed by atoms with Crippen LogP contribution >= 0.6 is 23.2 Å². The van der Waals surface area contributed by atoms with Gasteiger partial charge in [-0.2, -0.15) is 0 Å². The summed E-state index contributed by atoms with van der Waals surface area (Å²) >= 11 is 12.5. The lowest BCUT2D eigenvalue weighted by Gasteiger charge is -2.35. The molecule has 0 saturated carbocycles. The Balaban J connectivity index is 0.829. The number of ether oxygens (including phenoxy) is 1. The number of carbonyl (C=O) groups excluding carboxylic acids is 4. The van der Waals surface area contributed by atoms with Gasteiger partial charge in [-0.15, -0.1) is 0 Å². The minimum Gasteiger partial charge on any atom is -0.493 e. The smallest absolute Gasteiger partial charge is 0.264 e.